The van der Waals surface area contributed by atoms with Crippen molar-refractivity contribution in [2.24, 2.45) is 0 Å². The van der Waals surface area contributed by atoms with E-state index >= 15 is 0 Å². The molecule has 19 heavy (non-hydrogen) atoms. The van der Waals surface area contributed by atoms with Crippen LogP contribution in [0, 0.1) is 0 Å². The Morgan fingerprint density at radius 1 is 1.37 bits per heavy atom. The molecule has 0 bridgehead atoms. The van der Waals surface area contributed by atoms with Crippen LogP contribution in [0.2, 0.25) is 0 Å². The van der Waals surface area contributed by atoms with E-state index in [1.807, 2.05) is 0 Å². The predicted molar refractivity (Wildman–Crippen MR) is 74.8 cm³/mol. The van der Waals surface area contributed by atoms with Gasteiger partial charge in [0.05, 0.1) is 6.54 Å². The van der Waals surface area contributed by atoms with E-state index < -0.39 is 0 Å². The molecular formula is C14H25N5. The molecule has 3 rings (SSSR count). The van der Waals surface area contributed by atoms with E-state index in [0.29, 0.717) is 6.04 Å². The molecule has 106 valence electrons. The zero-order valence-corrected chi connectivity index (χ0v) is 11.9. The molecule has 0 spiro atoms. The molecule has 1 aromatic heterocycles. The minimum absolute atomic E-state index is 0.687. The maximum absolute atomic E-state index is 4.43. The van der Waals surface area contributed by atoms with Crippen LogP contribution in [-0.2, 0) is 13.1 Å². The number of nitrogens with one attached hydrogen (secondary N) is 1. The van der Waals surface area contributed by atoms with Crippen molar-refractivity contribution in [3.63, 3.8) is 0 Å². The first-order valence-corrected chi connectivity index (χ1v) is 7.71. The number of hydrogen-bond acceptors (Lipinski definition) is 4. The van der Waals surface area contributed by atoms with E-state index in [1.54, 1.807) is 6.33 Å². The van der Waals surface area contributed by atoms with E-state index in [9.17, 15) is 0 Å². The van der Waals surface area contributed by atoms with E-state index in [0.717, 1.165) is 37.9 Å². The molecule has 1 saturated carbocycles. The average Bonchev–Trinajstić information content (AvgIpc) is 2.98. The van der Waals surface area contributed by atoms with Crippen LogP contribution in [0.4, 0.5) is 0 Å². The molecule has 0 amide bonds. The van der Waals surface area contributed by atoms with Gasteiger partial charge >= 0.3 is 0 Å². The van der Waals surface area contributed by atoms with Crippen LogP contribution in [0.1, 0.15) is 44.9 Å². The van der Waals surface area contributed by atoms with E-state index in [1.165, 1.54) is 32.2 Å². The van der Waals surface area contributed by atoms with Crippen molar-refractivity contribution in [2.75, 3.05) is 13.1 Å². The Bertz CT molecular complexity index is 398. The van der Waals surface area contributed by atoms with Gasteiger partial charge in [-0.1, -0.05) is 6.92 Å². The quantitative estimate of drug-likeness (QED) is 0.808. The molecule has 1 aromatic rings. The second-order valence-corrected chi connectivity index (χ2v) is 5.85. The van der Waals surface area contributed by atoms with Gasteiger partial charge in [-0.2, -0.15) is 5.10 Å². The Kier molecular flexibility index (Phi) is 4.13. The zero-order valence-electron chi connectivity index (χ0n) is 11.9. The summed E-state index contributed by atoms with van der Waals surface area (Å²) in [6.07, 6.45) is 8.19. The number of aromatic nitrogens is 3. The Morgan fingerprint density at radius 2 is 2.26 bits per heavy atom. The van der Waals surface area contributed by atoms with Crippen LogP contribution in [0.5, 0.6) is 0 Å². The lowest BCUT2D eigenvalue weighted by molar-refractivity contribution is 0.228. The maximum Gasteiger partial charge on any atom is 0.141 e. The Labute approximate surface area is 115 Å². The third-order valence-electron chi connectivity index (χ3n) is 4.19. The monoisotopic (exact) mass is 263 g/mol. The lowest BCUT2D eigenvalue weighted by Crippen LogP contribution is -2.38. The van der Waals surface area contributed by atoms with Gasteiger partial charge in [0.15, 0.2) is 0 Å². The molecule has 5 heteroatoms. The summed E-state index contributed by atoms with van der Waals surface area (Å²) in [6, 6.07) is 1.50. The van der Waals surface area contributed by atoms with Crippen molar-refractivity contribution in [3.05, 3.63) is 12.2 Å². The number of likely N-dealkylation sites (tertiary alicyclic amines) is 1. The maximum atomic E-state index is 4.43. The highest BCUT2D eigenvalue weighted by molar-refractivity contribution is 4.91. The summed E-state index contributed by atoms with van der Waals surface area (Å²) in [5.74, 6) is 1.13. The van der Waals surface area contributed by atoms with Crippen molar-refractivity contribution >= 4 is 0 Å². The molecule has 1 atom stereocenters. The normalized spacial score (nSPS) is 24.2. The second kappa shape index (κ2) is 6.01. The molecule has 1 N–H and O–H groups in total. The molecular weight excluding hydrogens is 238 g/mol. The molecule has 0 aromatic carbocycles. The first kappa shape index (κ1) is 13.1. The summed E-state index contributed by atoms with van der Waals surface area (Å²) in [5.41, 5.74) is 0. The molecule has 0 radical (unpaired) electrons. The van der Waals surface area contributed by atoms with Gasteiger partial charge in [0.1, 0.15) is 12.2 Å². The third kappa shape index (κ3) is 3.34. The number of nitrogens with zero attached hydrogens (tertiary/aromatic N) is 4. The van der Waals surface area contributed by atoms with Gasteiger partial charge in [-0.3, -0.25) is 4.90 Å². The van der Waals surface area contributed by atoms with Crippen molar-refractivity contribution in [3.8, 4) is 0 Å². The van der Waals surface area contributed by atoms with Gasteiger partial charge in [-0.25, -0.2) is 9.67 Å². The highest BCUT2D eigenvalue weighted by Crippen LogP contribution is 2.22. The van der Waals surface area contributed by atoms with Crippen molar-refractivity contribution < 1.29 is 0 Å². The lowest BCUT2D eigenvalue weighted by Gasteiger charge is -2.24. The summed E-state index contributed by atoms with van der Waals surface area (Å²) in [5, 5.41) is 7.98. The molecule has 1 aliphatic heterocycles. The van der Waals surface area contributed by atoms with Gasteiger partial charge in [0.25, 0.3) is 0 Å². The van der Waals surface area contributed by atoms with Gasteiger partial charge in [-0.05, 0) is 38.6 Å². The first-order chi connectivity index (χ1) is 9.36. The van der Waals surface area contributed by atoms with Crippen LogP contribution in [0.15, 0.2) is 6.33 Å². The van der Waals surface area contributed by atoms with Crippen LogP contribution < -0.4 is 5.32 Å². The minimum Gasteiger partial charge on any atom is -0.312 e. The summed E-state index contributed by atoms with van der Waals surface area (Å²) in [4.78, 5) is 7.01. The highest BCUT2D eigenvalue weighted by Gasteiger charge is 2.28. The summed E-state index contributed by atoms with van der Waals surface area (Å²) in [6.45, 7) is 6.47. The highest BCUT2D eigenvalue weighted by atomic mass is 15.4. The van der Waals surface area contributed by atoms with E-state index in [4.69, 9.17) is 0 Å². The first-order valence-electron chi connectivity index (χ1n) is 7.71. The summed E-state index contributed by atoms with van der Waals surface area (Å²) >= 11 is 0. The summed E-state index contributed by atoms with van der Waals surface area (Å²) < 4.78 is 2.06. The zero-order chi connectivity index (χ0) is 13.1. The molecule has 1 saturated heterocycles. The van der Waals surface area contributed by atoms with Crippen LogP contribution in [-0.4, -0.2) is 44.8 Å². The van der Waals surface area contributed by atoms with Gasteiger partial charge < -0.3 is 5.32 Å². The topological polar surface area (TPSA) is 46.0 Å². The fraction of sp³-hybridized carbons (Fsp3) is 0.857. The third-order valence-corrected chi connectivity index (χ3v) is 4.19. The minimum atomic E-state index is 0.687. The molecule has 5 nitrogen and oxygen atoms in total. The number of hydrogen-bond donors (Lipinski definition) is 1. The number of aryl methyl sites for hydroxylation is 1. The predicted octanol–water partition coefficient (Wildman–Crippen LogP) is 1.40. The molecule has 2 heterocycles. The fourth-order valence-corrected chi connectivity index (χ4v) is 2.92. The van der Waals surface area contributed by atoms with Crippen molar-refractivity contribution in [1.29, 1.82) is 0 Å². The molecule has 2 aliphatic rings. The van der Waals surface area contributed by atoms with E-state index in [-0.39, 0.29) is 0 Å². The van der Waals surface area contributed by atoms with Gasteiger partial charge in [0.2, 0.25) is 0 Å². The summed E-state index contributed by atoms with van der Waals surface area (Å²) in [7, 11) is 0. The molecule has 1 unspecified atom stereocenters. The van der Waals surface area contributed by atoms with E-state index in [2.05, 4.69) is 31.9 Å². The SMILES string of the molecule is CCCn1ncnc1CN1CCCC1CNC1CC1. The van der Waals surface area contributed by atoms with Crippen molar-refractivity contribution in [2.45, 2.75) is 64.2 Å². The standard InChI is InChI=1S/C14H25N5/c1-2-7-19-14(16-11-17-19)10-18-8-3-4-13(18)9-15-12-5-6-12/h11-13,15H,2-10H2,1H3. The van der Waals surface area contributed by atoms with Crippen molar-refractivity contribution in [1.82, 2.24) is 25.0 Å². The van der Waals surface area contributed by atoms with Crippen LogP contribution in [0.3, 0.4) is 0 Å². The lowest BCUT2D eigenvalue weighted by atomic mass is 10.2. The van der Waals surface area contributed by atoms with Gasteiger partial charge in [-0.15, -0.1) is 0 Å². The molecule has 1 aliphatic carbocycles. The Balaban J connectivity index is 1.55. The largest absolute Gasteiger partial charge is 0.312 e. The Hall–Kier alpha value is -0.940. The smallest absolute Gasteiger partial charge is 0.141 e. The average molecular weight is 263 g/mol. The van der Waals surface area contributed by atoms with Crippen LogP contribution >= 0.6 is 0 Å². The van der Waals surface area contributed by atoms with Gasteiger partial charge in [0, 0.05) is 25.2 Å². The Morgan fingerprint density at radius 3 is 3.05 bits per heavy atom. The fourth-order valence-electron chi connectivity index (χ4n) is 2.92. The molecule has 2 fully saturated rings. The number of rotatable bonds is 7. The van der Waals surface area contributed by atoms with Crippen LogP contribution in [0.25, 0.3) is 0 Å². The second-order valence-electron chi connectivity index (χ2n) is 5.85.